The standard InChI is InChI=1S/C17H16F3N9O/c1-8-5-4-6-10-12(8)28(3)11(23-10)7-21-14(30)13-22-9(2)29(27-13)16-24-15(25-26-16)17(18,19)20/h4-6H,7H2,1-3H3,(H,21,30)(H,24,25,26). The van der Waals surface area contributed by atoms with Crippen LogP contribution in [0, 0.1) is 13.8 Å². The van der Waals surface area contributed by atoms with E-state index >= 15 is 0 Å². The third kappa shape index (κ3) is 3.38. The molecule has 0 bridgehead atoms. The average molecular weight is 419 g/mol. The smallest absolute Gasteiger partial charge is 0.342 e. The van der Waals surface area contributed by atoms with E-state index in [0.29, 0.717) is 5.82 Å². The maximum Gasteiger partial charge on any atom is 0.451 e. The number of aryl methyl sites for hydroxylation is 3. The number of para-hydroxylation sites is 1. The minimum atomic E-state index is -4.68. The molecule has 0 saturated heterocycles. The maximum absolute atomic E-state index is 12.7. The number of alkyl halides is 3. The Kier molecular flexibility index (Phi) is 4.51. The fourth-order valence-electron chi connectivity index (χ4n) is 3.06. The predicted octanol–water partition coefficient (Wildman–Crippen LogP) is 1.84. The SMILES string of the molecule is Cc1cccc2nc(CNC(=O)c3nc(C)n(-c4n[nH]c(C(F)(F)F)n4)n3)n(C)c12. The Morgan fingerprint density at radius 3 is 2.63 bits per heavy atom. The summed E-state index contributed by atoms with van der Waals surface area (Å²) in [5.74, 6) is -1.67. The van der Waals surface area contributed by atoms with Crippen molar-refractivity contribution in [2.24, 2.45) is 7.05 Å². The number of carbonyl (C=O) groups is 1. The Labute approximate surface area is 167 Å². The van der Waals surface area contributed by atoms with Gasteiger partial charge in [0, 0.05) is 7.05 Å². The first-order chi connectivity index (χ1) is 14.1. The van der Waals surface area contributed by atoms with Crippen molar-refractivity contribution in [3.63, 3.8) is 0 Å². The van der Waals surface area contributed by atoms with Crippen molar-refractivity contribution in [1.82, 2.24) is 44.8 Å². The van der Waals surface area contributed by atoms with E-state index in [-0.39, 0.29) is 24.1 Å². The van der Waals surface area contributed by atoms with Crippen LogP contribution in [0.3, 0.4) is 0 Å². The molecule has 10 nitrogen and oxygen atoms in total. The summed E-state index contributed by atoms with van der Waals surface area (Å²) >= 11 is 0. The zero-order chi connectivity index (χ0) is 21.6. The molecule has 0 radical (unpaired) electrons. The summed E-state index contributed by atoms with van der Waals surface area (Å²) in [5.41, 5.74) is 2.83. The van der Waals surface area contributed by atoms with Gasteiger partial charge in [0.15, 0.2) is 0 Å². The number of aromatic nitrogens is 8. The molecule has 0 aliphatic carbocycles. The van der Waals surface area contributed by atoms with Gasteiger partial charge in [-0.3, -0.25) is 9.89 Å². The molecule has 0 atom stereocenters. The van der Waals surface area contributed by atoms with Gasteiger partial charge in [0.2, 0.25) is 11.6 Å². The second-order valence-corrected chi connectivity index (χ2v) is 6.59. The molecule has 0 aliphatic rings. The van der Waals surface area contributed by atoms with Crippen LogP contribution in [0.1, 0.15) is 33.7 Å². The van der Waals surface area contributed by atoms with Gasteiger partial charge in [0.1, 0.15) is 11.6 Å². The van der Waals surface area contributed by atoms with Crippen molar-refractivity contribution in [2.75, 3.05) is 0 Å². The highest BCUT2D eigenvalue weighted by Crippen LogP contribution is 2.26. The lowest BCUT2D eigenvalue weighted by atomic mass is 10.2. The van der Waals surface area contributed by atoms with E-state index < -0.39 is 17.9 Å². The summed E-state index contributed by atoms with van der Waals surface area (Å²) in [4.78, 5) is 24.3. The normalized spacial score (nSPS) is 11.9. The van der Waals surface area contributed by atoms with Crippen molar-refractivity contribution in [3.05, 3.63) is 47.1 Å². The van der Waals surface area contributed by atoms with Gasteiger partial charge in [-0.15, -0.1) is 10.2 Å². The monoisotopic (exact) mass is 419 g/mol. The highest BCUT2D eigenvalue weighted by atomic mass is 19.4. The Balaban J connectivity index is 1.53. The molecule has 2 N–H and O–H groups in total. The van der Waals surface area contributed by atoms with E-state index in [1.807, 2.05) is 36.7 Å². The summed E-state index contributed by atoms with van der Waals surface area (Å²) in [6.45, 7) is 3.57. The first kappa shape index (κ1) is 19.5. The van der Waals surface area contributed by atoms with Crippen LogP contribution in [-0.4, -0.2) is 45.4 Å². The van der Waals surface area contributed by atoms with E-state index in [1.54, 1.807) is 5.10 Å². The van der Waals surface area contributed by atoms with Crippen LogP contribution >= 0.6 is 0 Å². The number of halogens is 3. The summed E-state index contributed by atoms with van der Waals surface area (Å²) in [7, 11) is 1.85. The maximum atomic E-state index is 12.7. The number of nitrogens with one attached hydrogen (secondary N) is 2. The van der Waals surface area contributed by atoms with Gasteiger partial charge in [-0.2, -0.15) is 22.8 Å². The van der Waals surface area contributed by atoms with Gasteiger partial charge in [0.05, 0.1) is 17.6 Å². The molecule has 3 aromatic heterocycles. The first-order valence-corrected chi connectivity index (χ1v) is 8.78. The van der Waals surface area contributed by atoms with Gasteiger partial charge in [-0.25, -0.2) is 9.97 Å². The Morgan fingerprint density at radius 2 is 1.97 bits per heavy atom. The van der Waals surface area contributed by atoms with Crippen LogP contribution in [-0.2, 0) is 19.8 Å². The molecule has 1 amide bonds. The number of fused-ring (bicyclic) bond motifs is 1. The van der Waals surface area contributed by atoms with Crippen LogP contribution in [0.15, 0.2) is 18.2 Å². The van der Waals surface area contributed by atoms with Gasteiger partial charge in [0.25, 0.3) is 11.9 Å². The lowest BCUT2D eigenvalue weighted by Gasteiger charge is -2.04. The number of rotatable bonds is 4. The number of imidazole rings is 1. The van der Waals surface area contributed by atoms with Crippen molar-refractivity contribution < 1.29 is 18.0 Å². The molecule has 1 aromatic carbocycles. The number of nitrogens with zero attached hydrogens (tertiary/aromatic N) is 7. The molecule has 30 heavy (non-hydrogen) atoms. The summed E-state index contributed by atoms with van der Waals surface area (Å²) < 4.78 is 40.9. The number of carbonyl (C=O) groups excluding carboxylic acids is 1. The summed E-state index contributed by atoms with van der Waals surface area (Å²) in [6.07, 6.45) is -4.68. The Bertz CT molecular complexity index is 1250. The lowest BCUT2D eigenvalue weighted by Crippen LogP contribution is -2.25. The minimum Gasteiger partial charge on any atom is -0.342 e. The summed E-state index contributed by atoms with van der Waals surface area (Å²) in [5, 5.41) is 11.9. The Morgan fingerprint density at radius 1 is 1.20 bits per heavy atom. The molecule has 0 aliphatic heterocycles. The van der Waals surface area contributed by atoms with Crippen LogP contribution in [0.4, 0.5) is 13.2 Å². The minimum absolute atomic E-state index is 0.121. The van der Waals surface area contributed by atoms with Gasteiger partial charge in [-0.1, -0.05) is 12.1 Å². The van der Waals surface area contributed by atoms with E-state index in [1.165, 1.54) is 6.92 Å². The number of amides is 1. The molecule has 13 heteroatoms. The second-order valence-electron chi connectivity index (χ2n) is 6.59. The van der Waals surface area contributed by atoms with Crippen molar-refractivity contribution in [3.8, 4) is 5.95 Å². The number of H-pyrrole nitrogens is 1. The van der Waals surface area contributed by atoms with Crippen LogP contribution in [0.5, 0.6) is 0 Å². The van der Waals surface area contributed by atoms with E-state index in [4.69, 9.17) is 0 Å². The predicted molar refractivity (Wildman–Crippen MR) is 97.7 cm³/mol. The first-order valence-electron chi connectivity index (χ1n) is 8.78. The Hall–Kier alpha value is -3.77. The molecule has 0 fully saturated rings. The number of benzene rings is 1. The van der Waals surface area contributed by atoms with Crippen molar-refractivity contribution >= 4 is 16.9 Å². The molecule has 4 rings (SSSR count). The number of aromatic amines is 1. The fraction of sp³-hybridized carbons (Fsp3) is 0.294. The average Bonchev–Trinajstić information content (AvgIpc) is 3.37. The second kappa shape index (κ2) is 6.93. The molecular weight excluding hydrogens is 403 g/mol. The number of hydrogen-bond acceptors (Lipinski definition) is 6. The van der Waals surface area contributed by atoms with Crippen LogP contribution < -0.4 is 5.32 Å². The van der Waals surface area contributed by atoms with Crippen LogP contribution in [0.2, 0.25) is 0 Å². The summed E-state index contributed by atoms with van der Waals surface area (Å²) in [6, 6.07) is 5.75. The fourth-order valence-corrected chi connectivity index (χ4v) is 3.06. The van der Waals surface area contributed by atoms with E-state index in [2.05, 4.69) is 30.5 Å². The zero-order valence-electron chi connectivity index (χ0n) is 16.1. The third-order valence-electron chi connectivity index (χ3n) is 4.50. The van der Waals surface area contributed by atoms with Crippen molar-refractivity contribution in [2.45, 2.75) is 26.6 Å². The molecule has 0 saturated carbocycles. The van der Waals surface area contributed by atoms with Gasteiger partial charge >= 0.3 is 6.18 Å². The number of hydrogen-bond donors (Lipinski definition) is 2. The molecule has 3 heterocycles. The molecule has 0 spiro atoms. The molecule has 4 aromatic rings. The van der Waals surface area contributed by atoms with Gasteiger partial charge < -0.3 is 9.88 Å². The quantitative estimate of drug-likeness (QED) is 0.521. The van der Waals surface area contributed by atoms with E-state index in [0.717, 1.165) is 21.3 Å². The third-order valence-corrected chi connectivity index (χ3v) is 4.50. The molecular formula is C17H16F3N9O. The molecule has 0 unspecified atom stereocenters. The zero-order valence-corrected chi connectivity index (χ0v) is 16.1. The highest BCUT2D eigenvalue weighted by molar-refractivity contribution is 5.90. The lowest BCUT2D eigenvalue weighted by molar-refractivity contribution is -0.144. The van der Waals surface area contributed by atoms with Crippen LogP contribution in [0.25, 0.3) is 17.0 Å². The van der Waals surface area contributed by atoms with Crippen molar-refractivity contribution in [1.29, 1.82) is 0 Å². The molecule has 156 valence electrons. The van der Waals surface area contributed by atoms with Gasteiger partial charge in [-0.05, 0) is 25.5 Å². The highest BCUT2D eigenvalue weighted by Gasteiger charge is 2.35. The van der Waals surface area contributed by atoms with E-state index in [9.17, 15) is 18.0 Å². The largest absolute Gasteiger partial charge is 0.451 e. The topological polar surface area (TPSA) is 119 Å².